The van der Waals surface area contributed by atoms with Crippen LogP contribution in [0, 0.1) is 5.92 Å². The summed E-state index contributed by atoms with van der Waals surface area (Å²) in [5.74, 6) is -0.914. The van der Waals surface area contributed by atoms with Crippen molar-refractivity contribution in [2.75, 3.05) is 13.2 Å². The lowest BCUT2D eigenvalue weighted by molar-refractivity contribution is -0.147. The molecule has 0 aliphatic heterocycles. The lowest BCUT2D eigenvalue weighted by Crippen LogP contribution is -2.21. The van der Waals surface area contributed by atoms with Gasteiger partial charge in [-0.2, -0.15) is 0 Å². The van der Waals surface area contributed by atoms with Gasteiger partial charge in [-0.3, -0.25) is 0 Å². The Balaban J connectivity index is 3.35. The second-order valence-electron chi connectivity index (χ2n) is 6.09. The van der Waals surface area contributed by atoms with Crippen LogP contribution in [0.2, 0.25) is 0 Å². The zero-order valence-electron chi connectivity index (χ0n) is 15.1. The highest BCUT2D eigenvalue weighted by Crippen LogP contribution is 2.27. The van der Waals surface area contributed by atoms with Crippen molar-refractivity contribution >= 4 is 17.5 Å². The molecule has 0 fully saturated rings. The minimum atomic E-state index is -0.600. The Morgan fingerprint density at radius 3 is 1.83 bits per heavy atom. The molecule has 4 heteroatoms. The third kappa shape index (κ3) is 6.19. The van der Waals surface area contributed by atoms with Gasteiger partial charge in [0.05, 0.1) is 13.2 Å². The number of allylic oxidation sites excluding steroid dienone is 1. The predicted molar refractivity (Wildman–Crippen MR) is 95.3 cm³/mol. The van der Waals surface area contributed by atoms with Gasteiger partial charge in [-0.15, -0.1) is 0 Å². The van der Waals surface area contributed by atoms with Gasteiger partial charge in [0.15, 0.2) is 0 Å². The molecule has 24 heavy (non-hydrogen) atoms. The molecule has 0 radical (unpaired) electrons. The molecule has 132 valence electrons. The Hall–Kier alpha value is -2.10. The lowest BCUT2D eigenvalue weighted by Gasteiger charge is -2.16. The molecule has 0 aromatic heterocycles. The summed E-state index contributed by atoms with van der Waals surface area (Å²) in [7, 11) is 0. The fourth-order valence-electron chi connectivity index (χ4n) is 2.28. The van der Waals surface area contributed by atoms with Gasteiger partial charge in [-0.1, -0.05) is 58.0 Å². The van der Waals surface area contributed by atoms with Gasteiger partial charge in [-0.05, 0) is 36.3 Å². The van der Waals surface area contributed by atoms with Crippen molar-refractivity contribution < 1.29 is 19.1 Å². The Morgan fingerprint density at radius 1 is 0.917 bits per heavy atom. The van der Waals surface area contributed by atoms with Gasteiger partial charge < -0.3 is 9.47 Å². The second-order valence-corrected chi connectivity index (χ2v) is 6.09. The van der Waals surface area contributed by atoms with E-state index < -0.39 is 11.9 Å². The SMILES string of the molecule is CCCOC(=O)C(C(=O)OCCC)=C(CC(C)C)c1ccccc1. The fourth-order valence-corrected chi connectivity index (χ4v) is 2.28. The van der Waals surface area contributed by atoms with Gasteiger partial charge in [0.1, 0.15) is 5.57 Å². The smallest absolute Gasteiger partial charge is 0.345 e. The minimum absolute atomic E-state index is 0.0248. The van der Waals surface area contributed by atoms with Crippen molar-refractivity contribution in [1.82, 2.24) is 0 Å². The number of benzene rings is 1. The summed E-state index contributed by atoms with van der Waals surface area (Å²) in [4.78, 5) is 25.0. The first kappa shape index (κ1) is 19.9. The van der Waals surface area contributed by atoms with E-state index in [-0.39, 0.29) is 24.7 Å². The molecule has 0 unspecified atom stereocenters. The molecule has 0 bridgehead atoms. The van der Waals surface area contributed by atoms with E-state index in [1.165, 1.54) is 0 Å². The summed E-state index contributed by atoms with van der Waals surface area (Å²) in [6, 6.07) is 9.49. The first-order valence-corrected chi connectivity index (χ1v) is 8.64. The van der Waals surface area contributed by atoms with E-state index in [0.29, 0.717) is 24.8 Å². The quantitative estimate of drug-likeness (QED) is 0.291. The maximum atomic E-state index is 12.5. The third-order valence-electron chi connectivity index (χ3n) is 3.32. The number of carbonyl (C=O) groups is 2. The van der Waals surface area contributed by atoms with Crippen LogP contribution in [0.5, 0.6) is 0 Å². The first-order valence-electron chi connectivity index (χ1n) is 8.64. The van der Waals surface area contributed by atoms with Crippen LogP contribution in [0.3, 0.4) is 0 Å². The molecule has 0 spiro atoms. The Kier molecular flexibility index (Phi) is 8.84. The van der Waals surface area contributed by atoms with Gasteiger partial charge in [-0.25, -0.2) is 9.59 Å². The normalized spacial score (nSPS) is 10.4. The third-order valence-corrected chi connectivity index (χ3v) is 3.32. The summed E-state index contributed by atoms with van der Waals surface area (Å²) in [5.41, 5.74) is 1.56. The Morgan fingerprint density at radius 2 is 1.42 bits per heavy atom. The molecule has 0 saturated carbocycles. The van der Waals surface area contributed by atoms with Gasteiger partial charge >= 0.3 is 11.9 Å². The monoisotopic (exact) mass is 332 g/mol. The highest BCUT2D eigenvalue weighted by molar-refractivity contribution is 6.20. The molecule has 4 nitrogen and oxygen atoms in total. The minimum Gasteiger partial charge on any atom is -0.462 e. The van der Waals surface area contributed by atoms with E-state index in [0.717, 1.165) is 5.56 Å². The molecule has 0 amide bonds. The fraction of sp³-hybridized carbons (Fsp3) is 0.500. The Bertz CT molecular complexity index is 536. The largest absolute Gasteiger partial charge is 0.462 e. The molecule has 0 heterocycles. The van der Waals surface area contributed by atoms with Crippen molar-refractivity contribution in [2.24, 2.45) is 5.92 Å². The van der Waals surface area contributed by atoms with Crippen LogP contribution >= 0.6 is 0 Å². The number of rotatable bonds is 9. The van der Waals surface area contributed by atoms with Crippen molar-refractivity contribution in [3.63, 3.8) is 0 Å². The molecule has 1 aromatic carbocycles. The van der Waals surface area contributed by atoms with Crippen LogP contribution < -0.4 is 0 Å². The lowest BCUT2D eigenvalue weighted by atomic mass is 9.92. The van der Waals surface area contributed by atoms with Crippen molar-refractivity contribution in [1.29, 1.82) is 0 Å². The number of hydrogen-bond donors (Lipinski definition) is 0. The zero-order chi connectivity index (χ0) is 17.9. The summed E-state index contributed by atoms with van der Waals surface area (Å²) in [6.07, 6.45) is 2.00. The van der Waals surface area contributed by atoms with Crippen LogP contribution in [0.25, 0.3) is 5.57 Å². The average molecular weight is 332 g/mol. The van der Waals surface area contributed by atoms with Crippen molar-refractivity contribution in [2.45, 2.75) is 47.0 Å². The van der Waals surface area contributed by atoms with E-state index in [9.17, 15) is 9.59 Å². The number of carbonyl (C=O) groups excluding carboxylic acids is 2. The van der Waals surface area contributed by atoms with Crippen LogP contribution in [-0.2, 0) is 19.1 Å². The van der Waals surface area contributed by atoms with Crippen molar-refractivity contribution in [3.05, 3.63) is 41.5 Å². The average Bonchev–Trinajstić information content (AvgIpc) is 2.57. The van der Waals surface area contributed by atoms with E-state index >= 15 is 0 Å². The predicted octanol–water partition coefficient (Wildman–Crippen LogP) is 4.39. The number of hydrogen-bond acceptors (Lipinski definition) is 4. The topological polar surface area (TPSA) is 52.6 Å². The van der Waals surface area contributed by atoms with Crippen LogP contribution in [0.1, 0.15) is 52.5 Å². The standard InChI is InChI=1S/C20H28O4/c1-5-12-23-19(21)18(20(22)24-13-6-2)17(14-15(3)4)16-10-8-7-9-11-16/h7-11,15H,5-6,12-14H2,1-4H3. The van der Waals surface area contributed by atoms with Crippen LogP contribution in [0.4, 0.5) is 0 Å². The molecular weight excluding hydrogens is 304 g/mol. The number of esters is 2. The van der Waals surface area contributed by atoms with Crippen molar-refractivity contribution in [3.8, 4) is 0 Å². The molecule has 1 aromatic rings. The van der Waals surface area contributed by atoms with E-state index in [1.54, 1.807) is 0 Å². The second kappa shape index (κ2) is 10.6. The molecule has 0 N–H and O–H groups in total. The maximum absolute atomic E-state index is 12.5. The summed E-state index contributed by atoms with van der Waals surface area (Å²) in [6.45, 7) is 8.50. The highest BCUT2D eigenvalue weighted by atomic mass is 16.6. The molecule has 0 saturated heterocycles. The molecule has 0 aliphatic rings. The number of ether oxygens (including phenoxy) is 2. The molecule has 0 atom stereocenters. The van der Waals surface area contributed by atoms with Crippen LogP contribution in [0.15, 0.2) is 35.9 Å². The van der Waals surface area contributed by atoms with Gasteiger partial charge in [0, 0.05) is 0 Å². The molecule has 1 rings (SSSR count). The van der Waals surface area contributed by atoms with Gasteiger partial charge in [0.25, 0.3) is 0 Å². The van der Waals surface area contributed by atoms with Crippen LogP contribution in [-0.4, -0.2) is 25.2 Å². The Labute approximate surface area is 144 Å². The summed E-state index contributed by atoms with van der Waals surface area (Å²) >= 11 is 0. The summed E-state index contributed by atoms with van der Waals surface area (Å²) < 4.78 is 10.5. The van der Waals surface area contributed by atoms with E-state index in [4.69, 9.17) is 9.47 Å². The molecular formula is C20H28O4. The van der Waals surface area contributed by atoms with E-state index in [2.05, 4.69) is 13.8 Å². The maximum Gasteiger partial charge on any atom is 0.345 e. The van der Waals surface area contributed by atoms with E-state index in [1.807, 2.05) is 44.2 Å². The summed E-state index contributed by atoms with van der Waals surface area (Å²) in [5, 5.41) is 0. The highest BCUT2D eigenvalue weighted by Gasteiger charge is 2.27. The van der Waals surface area contributed by atoms with Gasteiger partial charge in [0.2, 0.25) is 0 Å². The first-order chi connectivity index (χ1) is 11.5. The zero-order valence-corrected chi connectivity index (χ0v) is 15.1. The molecule has 0 aliphatic carbocycles.